The van der Waals surface area contributed by atoms with Crippen LogP contribution in [0.1, 0.15) is 19.3 Å². The number of amides is 3. The molecule has 1 aliphatic rings. The minimum absolute atomic E-state index is 0.329. The predicted octanol–water partition coefficient (Wildman–Crippen LogP) is -2.26. The molecule has 1 fully saturated rings. The molecule has 3 unspecified atom stereocenters. The number of aliphatic hydroxyl groups is 1. The number of aliphatic hydroxyl groups excluding tert-OH is 1. The molecule has 0 saturated carbocycles. The average Bonchev–Trinajstić information content (AvgIpc) is 3.11. The van der Waals surface area contributed by atoms with E-state index in [-0.39, 0.29) is 0 Å². The quantitative estimate of drug-likeness (QED) is 0.279. The van der Waals surface area contributed by atoms with Gasteiger partial charge in [0, 0.05) is 6.54 Å². The Balaban J connectivity index is 2.75. The Labute approximate surface area is 155 Å². The summed E-state index contributed by atoms with van der Waals surface area (Å²) in [6, 6.07) is -2.74. The summed E-state index contributed by atoms with van der Waals surface area (Å²) in [6.45, 7) is -0.702. The number of carbonyl (C=O) groups excluding carboxylic acids is 3. The number of carbonyl (C=O) groups is 4. The number of aliphatic carboxylic acids is 1. The lowest BCUT2D eigenvalue weighted by Crippen LogP contribution is -2.56. The number of hydrogen-bond donors (Lipinski definition) is 5. The number of hydrogen-bond acceptors (Lipinski definition) is 7. The summed E-state index contributed by atoms with van der Waals surface area (Å²) in [7, 11) is 0. The topological polar surface area (TPSA) is 162 Å². The minimum Gasteiger partial charge on any atom is -0.480 e. The Bertz CT molecular complexity index is 532. The van der Waals surface area contributed by atoms with Crippen molar-refractivity contribution in [2.45, 2.75) is 37.4 Å². The molecule has 10 nitrogen and oxygen atoms in total. The molecule has 0 aromatic rings. The van der Waals surface area contributed by atoms with Crippen LogP contribution in [0.4, 0.5) is 0 Å². The SMILES string of the molecule is CSCCC(NC(=O)C1CCCN1C(=O)C(N)CO)C(=O)NCC(=O)O. The zero-order chi connectivity index (χ0) is 19.7. The minimum atomic E-state index is -1.18. The van der Waals surface area contributed by atoms with Crippen LogP contribution in [0, 0.1) is 0 Å². The van der Waals surface area contributed by atoms with Crippen molar-refractivity contribution in [3.8, 4) is 0 Å². The van der Waals surface area contributed by atoms with Gasteiger partial charge in [-0.1, -0.05) is 0 Å². The Morgan fingerprint density at radius 1 is 1.35 bits per heavy atom. The van der Waals surface area contributed by atoms with Gasteiger partial charge >= 0.3 is 5.97 Å². The summed E-state index contributed by atoms with van der Waals surface area (Å²) >= 11 is 1.49. The molecule has 1 saturated heterocycles. The van der Waals surface area contributed by atoms with Gasteiger partial charge in [-0.05, 0) is 31.3 Å². The molecular weight excluding hydrogens is 364 g/mol. The predicted molar refractivity (Wildman–Crippen MR) is 95.4 cm³/mol. The van der Waals surface area contributed by atoms with Gasteiger partial charge in [-0.3, -0.25) is 19.2 Å². The molecular formula is C15H26N4O6S. The summed E-state index contributed by atoms with van der Waals surface area (Å²) in [6.07, 6.45) is 3.22. The monoisotopic (exact) mass is 390 g/mol. The van der Waals surface area contributed by atoms with E-state index in [1.165, 1.54) is 16.7 Å². The second kappa shape index (κ2) is 11.0. The summed E-state index contributed by atoms with van der Waals surface area (Å²) in [4.78, 5) is 48.8. The fourth-order valence-corrected chi connectivity index (χ4v) is 3.12. The van der Waals surface area contributed by atoms with E-state index < -0.39 is 55.0 Å². The number of carboxylic acid groups (broad SMARTS) is 1. The molecule has 26 heavy (non-hydrogen) atoms. The van der Waals surface area contributed by atoms with Gasteiger partial charge in [-0.15, -0.1) is 0 Å². The van der Waals surface area contributed by atoms with Gasteiger partial charge in [0.15, 0.2) is 0 Å². The molecule has 3 amide bonds. The molecule has 1 heterocycles. The van der Waals surface area contributed by atoms with Gasteiger partial charge in [0.1, 0.15) is 24.7 Å². The normalized spacial score (nSPS) is 18.9. The van der Waals surface area contributed by atoms with Crippen molar-refractivity contribution in [3.63, 3.8) is 0 Å². The van der Waals surface area contributed by atoms with E-state index in [4.69, 9.17) is 15.9 Å². The molecule has 0 radical (unpaired) electrons. The lowest BCUT2D eigenvalue weighted by atomic mass is 10.1. The Morgan fingerprint density at radius 3 is 2.62 bits per heavy atom. The highest BCUT2D eigenvalue weighted by atomic mass is 32.2. The number of carboxylic acids is 1. The Kier molecular flexibility index (Phi) is 9.38. The van der Waals surface area contributed by atoms with Crippen LogP contribution in [0.3, 0.4) is 0 Å². The number of nitrogens with two attached hydrogens (primary N) is 1. The van der Waals surface area contributed by atoms with E-state index >= 15 is 0 Å². The van der Waals surface area contributed by atoms with E-state index in [0.717, 1.165) is 0 Å². The van der Waals surface area contributed by atoms with Crippen LogP contribution >= 0.6 is 11.8 Å². The molecule has 0 aliphatic carbocycles. The fraction of sp³-hybridized carbons (Fsp3) is 0.733. The zero-order valence-electron chi connectivity index (χ0n) is 14.6. The smallest absolute Gasteiger partial charge is 0.322 e. The van der Waals surface area contributed by atoms with Crippen LogP contribution in [0.5, 0.6) is 0 Å². The first-order valence-corrected chi connectivity index (χ1v) is 9.67. The van der Waals surface area contributed by atoms with Crippen molar-refractivity contribution in [3.05, 3.63) is 0 Å². The van der Waals surface area contributed by atoms with E-state index in [1.54, 1.807) is 0 Å². The van der Waals surface area contributed by atoms with Gasteiger partial charge < -0.3 is 31.5 Å². The molecule has 1 rings (SSSR count). The Hall–Kier alpha value is -1.85. The number of nitrogens with zero attached hydrogens (tertiary/aromatic N) is 1. The first kappa shape index (κ1) is 22.2. The van der Waals surface area contributed by atoms with Crippen molar-refractivity contribution in [2.75, 3.05) is 31.7 Å². The third-order valence-corrected chi connectivity index (χ3v) is 4.65. The standard InChI is InChI=1S/C15H26N4O6S/c1-26-6-4-10(13(23)17-7-12(21)22)18-14(24)11-3-2-5-19(11)15(25)9(16)8-20/h9-11,20H,2-8,16H2,1H3,(H,17,23)(H,18,24)(H,21,22). The number of nitrogens with one attached hydrogen (secondary N) is 2. The number of thioether (sulfide) groups is 1. The van der Waals surface area contributed by atoms with Gasteiger partial charge in [0.25, 0.3) is 0 Å². The third-order valence-electron chi connectivity index (χ3n) is 4.01. The summed E-state index contributed by atoms with van der Waals surface area (Å²) in [5, 5.41) is 22.6. The van der Waals surface area contributed by atoms with Crippen LogP contribution in [-0.4, -0.2) is 88.6 Å². The van der Waals surface area contributed by atoms with Crippen LogP contribution < -0.4 is 16.4 Å². The van der Waals surface area contributed by atoms with Gasteiger partial charge in [0.05, 0.1) is 6.61 Å². The molecule has 0 aromatic carbocycles. The maximum absolute atomic E-state index is 12.6. The maximum Gasteiger partial charge on any atom is 0.322 e. The number of rotatable bonds is 10. The lowest BCUT2D eigenvalue weighted by Gasteiger charge is -2.27. The van der Waals surface area contributed by atoms with Crippen molar-refractivity contribution >= 4 is 35.5 Å². The second-order valence-corrected chi connectivity index (χ2v) is 6.92. The van der Waals surface area contributed by atoms with Gasteiger partial charge in [-0.25, -0.2) is 0 Å². The zero-order valence-corrected chi connectivity index (χ0v) is 15.5. The van der Waals surface area contributed by atoms with E-state index in [2.05, 4.69) is 10.6 Å². The summed E-state index contributed by atoms with van der Waals surface area (Å²) in [5.74, 6) is -2.18. The molecule has 148 valence electrons. The molecule has 0 aromatic heterocycles. The Morgan fingerprint density at radius 2 is 2.04 bits per heavy atom. The highest BCUT2D eigenvalue weighted by Crippen LogP contribution is 2.18. The van der Waals surface area contributed by atoms with Gasteiger partial charge in [0.2, 0.25) is 17.7 Å². The summed E-state index contributed by atoms with van der Waals surface area (Å²) in [5.41, 5.74) is 5.55. The average molecular weight is 390 g/mol. The van der Waals surface area contributed by atoms with Crippen molar-refractivity contribution < 1.29 is 29.4 Å². The van der Waals surface area contributed by atoms with Crippen molar-refractivity contribution in [2.24, 2.45) is 5.73 Å². The highest BCUT2D eigenvalue weighted by molar-refractivity contribution is 7.98. The lowest BCUT2D eigenvalue weighted by molar-refractivity contribution is -0.141. The molecule has 0 bridgehead atoms. The van der Waals surface area contributed by atoms with E-state index in [9.17, 15) is 19.2 Å². The molecule has 6 N–H and O–H groups in total. The van der Waals surface area contributed by atoms with Gasteiger partial charge in [-0.2, -0.15) is 11.8 Å². The van der Waals surface area contributed by atoms with Crippen LogP contribution in [-0.2, 0) is 19.2 Å². The molecule has 3 atom stereocenters. The van der Waals surface area contributed by atoms with Crippen LogP contribution in [0.15, 0.2) is 0 Å². The van der Waals surface area contributed by atoms with Crippen LogP contribution in [0.2, 0.25) is 0 Å². The van der Waals surface area contributed by atoms with Crippen molar-refractivity contribution in [1.82, 2.24) is 15.5 Å². The number of likely N-dealkylation sites (tertiary alicyclic amines) is 1. The molecule has 1 aliphatic heterocycles. The maximum atomic E-state index is 12.6. The van der Waals surface area contributed by atoms with Crippen LogP contribution in [0.25, 0.3) is 0 Å². The first-order valence-electron chi connectivity index (χ1n) is 8.27. The van der Waals surface area contributed by atoms with Crippen molar-refractivity contribution in [1.29, 1.82) is 0 Å². The summed E-state index contributed by atoms with van der Waals surface area (Å²) < 4.78 is 0. The highest BCUT2D eigenvalue weighted by Gasteiger charge is 2.37. The fourth-order valence-electron chi connectivity index (χ4n) is 2.65. The van der Waals surface area contributed by atoms with E-state index in [0.29, 0.717) is 31.6 Å². The third kappa shape index (κ3) is 6.46. The second-order valence-electron chi connectivity index (χ2n) is 5.93. The van der Waals surface area contributed by atoms with E-state index in [1.807, 2.05) is 6.26 Å². The first-order chi connectivity index (χ1) is 12.3. The molecule has 11 heteroatoms. The largest absolute Gasteiger partial charge is 0.480 e. The molecule has 0 spiro atoms.